The van der Waals surface area contributed by atoms with E-state index in [1.54, 1.807) is 30.3 Å². The van der Waals surface area contributed by atoms with E-state index in [9.17, 15) is 13.2 Å². The van der Waals surface area contributed by atoms with Gasteiger partial charge in [0, 0.05) is 0 Å². The number of hydrogen-bond acceptors (Lipinski definition) is 5. The van der Waals surface area contributed by atoms with Crippen LogP contribution >= 0.6 is 0 Å². The highest BCUT2D eigenvalue weighted by Crippen LogP contribution is 2.18. The van der Waals surface area contributed by atoms with E-state index in [0.29, 0.717) is 5.56 Å². The second-order valence-corrected chi connectivity index (χ2v) is 5.70. The Kier molecular flexibility index (Phi) is 4.74. The smallest absolute Gasteiger partial charge is 0.339 e. The molecule has 3 N–H and O–H groups in total. The molecule has 0 aliphatic carbocycles. The molecule has 0 aromatic heterocycles. The minimum atomic E-state index is -3.86. The zero-order valence-electron chi connectivity index (χ0n) is 11.3. The van der Waals surface area contributed by atoms with Gasteiger partial charge in [0.15, 0.2) is 0 Å². The van der Waals surface area contributed by atoms with Crippen LogP contribution in [0, 0.1) is 0 Å². The number of hydrazone groups is 1. The molecular formula is C14H13N3O4S. The van der Waals surface area contributed by atoms with Gasteiger partial charge in [0.1, 0.15) is 10.6 Å². The number of primary amides is 1. The first-order valence-electron chi connectivity index (χ1n) is 6.15. The molecule has 22 heavy (non-hydrogen) atoms. The summed E-state index contributed by atoms with van der Waals surface area (Å²) in [7, 11) is -3.86. The molecule has 2 rings (SSSR count). The van der Waals surface area contributed by atoms with Crippen LogP contribution in [0.5, 0.6) is 5.75 Å². The Hall–Kier alpha value is -2.87. The third-order valence-corrected chi connectivity index (χ3v) is 3.77. The largest absolute Gasteiger partial charge is 0.379 e. The number of urea groups is 1. The zero-order chi connectivity index (χ0) is 16.0. The van der Waals surface area contributed by atoms with Crippen LogP contribution < -0.4 is 15.3 Å². The number of rotatable bonds is 5. The van der Waals surface area contributed by atoms with Crippen LogP contribution in [0.25, 0.3) is 0 Å². The molecule has 0 unspecified atom stereocenters. The number of amides is 2. The van der Waals surface area contributed by atoms with Crippen molar-refractivity contribution in [3.8, 4) is 5.75 Å². The van der Waals surface area contributed by atoms with Gasteiger partial charge in [-0.15, -0.1) is 0 Å². The predicted octanol–water partition coefficient (Wildman–Crippen LogP) is 1.46. The molecule has 0 bridgehead atoms. The second-order valence-electron chi connectivity index (χ2n) is 4.15. The first kappa shape index (κ1) is 15.5. The molecule has 2 aromatic carbocycles. The average molecular weight is 319 g/mol. The molecule has 0 fully saturated rings. The molecule has 2 aromatic rings. The summed E-state index contributed by atoms with van der Waals surface area (Å²) in [5.41, 5.74) is 7.54. The molecule has 114 valence electrons. The van der Waals surface area contributed by atoms with Crippen molar-refractivity contribution in [2.75, 3.05) is 0 Å². The van der Waals surface area contributed by atoms with Gasteiger partial charge in [-0.25, -0.2) is 10.2 Å². The number of carbonyl (C=O) groups is 1. The van der Waals surface area contributed by atoms with Crippen molar-refractivity contribution in [3.63, 3.8) is 0 Å². The second kappa shape index (κ2) is 6.72. The van der Waals surface area contributed by atoms with Gasteiger partial charge >= 0.3 is 16.1 Å². The maximum atomic E-state index is 12.0. The van der Waals surface area contributed by atoms with Gasteiger partial charge < -0.3 is 9.92 Å². The SMILES string of the molecule is NC(=O)NN=Cc1ccc(OS(=O)(=O)c2ccccc2)cc1. The monoisotopic (exact) mass is 319 g/mol. The Morgan fingerprint density at radius 2 is 1.73 bits per heavy atom. The molecule has 0 saturated heterocycles. The lowest BCUT2D eigenvalue weighted by Gasteiger charge is -2.06. The van der Waals surface area contributed by atoms with Crippen LogP contribution in [0.3, 0.4) is 0 Å². The summed E-state index contributed by atoms with van der Waals surface area (Å²) < 4.78 is 29.1. The number of nitrogens with two attached hydrogens (primary N) is 1. The molecule has 0 heterocycles. The summed E-state index contributed by atoms with van der Waals surface area (Å²) in [6, 6.07) is 13.2. The Balaban J connectivity index is 2.08. The topological polar surface area (TPSA) is 111 Å². The first-order valence-corrected chi connectivity index (χ1v) is 7.56. The van der Waals surface area contributed by atoms with E-state index in [-0.39, 0.29) is 10.6 Å². The van der Waals surface area contributed by atoms with Crippen LogP contribution in [-0.4, -0.2) is 20.7 Å². The lowest BCUT2D eigenvalue weighted by atomic mass is 10.2. The molecule has 7 nitrogen and oxygen atoms in total. The van der Waals surface area contributed by atoms with E-state index in [2.05, 4.69) is 5.10 Å². The van der Waals surface area contributed by atoms with Crippen LogP contribution in [-0.2, 0) is 10.1 Å². The predicted molar refractivity (Wildman–Crippen MR) is 81.0 cm³/mol. The van der Waals surface area contributed by atoms with Crippen molar-refractivity contribution < 1.29 is 17.4 Å². The van der Waals surface area contributed by atoms with Crippen molar-refractivity contribution >= 4 is 22.4 Å². The summed E-state index contributed by atoms with van der Waals surface area (Å²) >= 11 is 0. The van der Waals surface area contributed by atoms with Crippen molar-refractivity contribution in [2.24, 2.45) is 10.8 Å². The van der Waals surface area contributed by atoms with Gasteiger partial charge in [-0.05, 0) is 42.0 Å². The Morgan fingerprint density at radius 1 is 1.09 bits per heavy atom. The van der Waals surface area contributed by atoms with Gasteiger partial charge in [0.05, 0.1) is 6.21 Å². The third-order valence-electron chi connectivity index (χ3n) is 2.51. The minimum Gasteiger partial charge on any atom is -0.379 e. The maximum Gasteiger partial charge on any atom is 0.339 e. The summed E-state index contributed by atoms with van der Waals surface area (Å²) in [6.45, 7) is 0. The summed E-state index contributed by atoms with van der Waals surface area (Å²) in [5, 5.41) is 3.58. The molecule has 8 heteroatoms. The quantitative estimate of drug-likeness (QED) is 0.493. The number of benzene rings is 2. The molecule has 0 radical (unpaired) electrons. The molecule has 0 atom stereocenters. The van der Waals surface area contributed by atoms with Crippen molar-refractivity contribution in [1.82, 2.24) is 5.43 Å². The van der Waals surface area contributed by atoms with Crippen molar-refractivity contribution in [1.29, 1.82) is 0 Å². The van der Waals surface area contributed by atoms with E-state index in [1.807, 2.05) is 5.43 Å². The normalized spacial score (nSPS) is 11.3. The zero-order valence-corrected chi connectivity index (χ0v) is 12.2. The number of nitrogens with one attached hydrogen (secondary N) is 1. The number of carbonyl (C=O) groups excluding carboxylic acids is 1. The van der Waals surface area contributed by atoms with Gasteiger partial charge in [-0.1, -0.05) is 18.2 Å². The molecule has 2 amide bonds. The first-order chi connectivity index (χ1) is 10.5. The minimum absolute atomic E-state index is 0.0753. The third kappa shape index (κ3) is 4.32. The highest BCUT2D eigenvalue weighted by molar-refractivity contribution is 7.87. The van der Waals surface area contributed by atoms with E-state index in [0.717, 1.165) is 0 Å². The lowest BCUT2D eigenvalue weighted by Crippen LogP contribution is -2.24. The molecule has 0 aliphatic heterocycles. The Morgan fingerprint density at radius 3 is 2.32 bits per heavy atom. The van der Waals surface area contributed by atoms with Crippen molar-refractivity contribution in [3.05, 3.63) is 60.2 Å². The molecule has 0 spiro atoms. The van der Waals surface area contributed by atoms with Crippen molar-refractivity contribution in [2.45, 2.75) is 4.90 Å². The standard InChI is InChI=1S/C14H13N3O4S/c15-14(18)17-16-10-11-6-8-12(9-7-11)21-22(19,20)13-4-2-1-3-5-13/h1-10H,(H3,15,17,18). The van der Waals surface area contributed by atoms with Gasteiger partial charge in [0.25, 0.3) is 0 Å². The van der Waals surface area contributed by atoms with E-state index < -0.39 is 16.1 Å². The Labute approximate surface area is 127 Å². The van der Waals surface area contributed by atoms with Gasteiger partial charge in [-0.3, -0.25) is 0 Å². The lowest BCUT2D eigenvalue weighted by molar-refractivity contribution is 0.249. The summed E-state index contributed by atoms with van der Waals surface area (Å²) in [6.07, 6.45) is 1.36. The highest BCUT2D eigenvalue weighted by atomic mass is 32.2. The summed E-state index contributed by atoms with van der Waals surface area (Å²) in [5.74, 6) is 0.170. The fourth-order valence-electron chi connectivity index (χ4n) is 1.54. The van der Waals surface area contributed by atoms with Crippen LogP contribution in [0.1, 0.15) is 5.56 Å². The van der Waals surface area contributed by atoms with Crippen LogP contribution in [0.2, 0.25) is 0 Å². The van der Waals surface area contributed by atoms with Crippen LogP contribution in [0.15, 0.2) is 64.6 Å². The molecule has 0 saturated carbocycles. The molecular weight excluding hydrogens is 306 g/mol. The van der Waals surface area contributed by atoms with E-state index >= 15 is 0 Å². The van der Waals surface area contributed by atoms with Gasteiger partial charge in [0.2, 0.25) is 0 Å². The Bertz CT molecular complexity index is 771. The molecule has 0 aliphatic rings. The van der Waals surface area contributed by atoms with Crippen LogP contribution in [0.4, 0.5) is 4.79 Å². The summed E-state index contributed by atoms with van der Waals surface area (Å²) in [4.78, 5) is 10.5. The number of hydrogen-bond donors (Lipinski definition) is 2. The highest BCUT2D eigenvalue weighted by Gasteiger charge is 2.15. The maximum absolute atomic E-state index is 12.0. The van der Waals surface area contributed by atoms with E-state index in [4.69, 9.17) is 9.92 Å². The number of nitrogens with zero attached hydrogens (tertiary/aromatic N) is 1. The van der Waals surface area contributed by atoms with Gasteiger partial charge in [-0.2, -0.15) is 13.5 Å². The fraction of sp³-hybridized carbons (Fsp3) is 0. The average Bonchev–Trinajstić information content (AvgIpc) is 2.49. The van der Waals surface area contributed by atoms with E-state index in [1.165, 1.54) is 30.5 Å². The fourth-order valence-corrected chi connectivity index (χ4v) is 2.49.